The number of hydrogen-bond acceptors (Lipinski definition) is 3. The molecule has 3 heterocycles. The molecule has 1 atom stereocenters. The summed E-state index contributed by atoms with van der Waals surface area (Å²) < 4.78 is 0. The number of nitrogens with zero attached hydrogens (tertiary/aromatic N) is 2. The number of pyridine rings is 1. The number of para-hydroxylation sites is 1. The highest BCUT2D eigenvalue weighted by Gasteiger charge is 2.51. The monoisotopic (exact) mass is 337 g/mol. The molecular formula is C20H23N3O2. The third-order valence-corrected chi connectivity index (χ3v) is 5.78. The zero-order chi connectivity index (χ0) is 17.6. The molecule has 25 heavy (non-hydrogen) atoms. The summed E-state index contributed by atoms with van der Waals surface area (Å²) in [6.45, 7) is 5.49. The molecule has 5 nitrogen and oxygen atoms in total. The molecule has 130 valence electrons. The number of nitrogens with one attached hydrogen (secondary N) is 1. The van der Waals surface area contributed by atoms with Gasteiger partial charge >= 0.3 is 0 Å². The van der Waals surface area contributed by atoms with E-state index < -0.39 is 0 Å². The van der Waals surface area contributed by atoms with Gasteiger partial charge in [-0.2, -0.15) is 0 Å². The third-order valence-electron chi connectivity index (χ3n) is 5.78. The molecule has 0 radical (unpaired) electrons. The minimum atomic E-state index is -0.279. The molecule has 2 amide bonds. The Morgan fingerprint density at radius 1 is 1.24 bits per heavy atom. The average Bonchev–Trinajstić information content (AvgIpc) is 2.65. The molecule has 5 heteroatoms. The smallest absolute Gasteiger partial charge is 0.255 e. The van der Waals surface area contributed by atoms with E-state index in [1.165, 1.54) is 0 Å². The first-order chi connectivity index (χ1) is 12.0. The maximum atomic E-state index is 12.8. The van der Waals surface area contributed by atoms with Crippen molar-refractivity contribution in [2.75, 3.05) is 13.1 Å². The Hall–Kier alpha value is -2.43. The van der Waals surface area contributed by atoms with Crippen molar-refractivity contribution >= 4 is 22.7 Å². The van der Waals surface area contributed by atoms with Crippen LogP contribution in [0, 0.1) is 11.3 Å². The highest BCUT2D eigenvalue weighted by Crippen LogP contribution is 2.38. The molecule has 2 aliphatic rings. The number of fused-ring (bicyclic) bond motifs is 1. The number of likely N-dealkylation sites (tertiary alicyclic amines) is 1. The highest BCUT2D eigenvalue weighted by molar-refractivity contribution is 5.97. The van der Waals surface area contributed by atoms with Crippen LogP contribution in [0.3, 0.4) is 0 Å². The summed E-state index contributed by atoms with van der Waals surface area (Å²) in [6.07, 6.45) is 3.54. The number of carbonyl (C=O) groups excluding carboxylic acids is 2. The second kappa shape index (κ2) is 5.83. The summed E-state index contributed by atoms with van der Waals surface area (Å²) in [5.74, 6) is 0.637. The van der Waals surface area contributed by atoms with Crippen LogP contribution < -0.4 is 5.32 Å². The number of β-lactam (4-membered cyclic amide) rings is 1. The lowest BCUT2D eigenvalue weighted by molar-refractivity contribution is -0.146. The summed E-state index contributed by atoms with van der Waals surface area (Å²) in [5.41, 5.74) is 1.27. The molecule has 1 aromatic heterocycles. The predicted octanol–water partition coefficient (Wildman–Crippen LogP) is 2.61. The Kier molecular flexibility index (Phi) is 3.74. The molecule has 2 fully saturated rings. The largest absolute Gasteiger partial charge is 0.351 e. The van der Waals surface area contributed by atoms with Crippen molar-refractivity contribution in [1.29, 1.82) is 0 Å². The summed E-state index contributed by atoms with van der Waals surface area (Å²) in [7, 11) is 0. The van der Waals surface area contributed by atoms with Crippen LogP contribution in [-0.4, -0.2) is 40.8 Å². The van der Waals surface area contributed by atoms with Crippen molar-refractivity contribution in [2.45, 2.75) is 32.7 Å². The Bertz CT molecular complexity index is 838. The van der Waals surface area contributed by atoms with Crippen molar-refractivity contribution in [3.63, 3.8) is 0 Å². The van der Waals surface area contributed by atoms with Crippen LogP contribution in [0.15, 0.2) is 36.5 Å². The van der Waals surface area contributed by atoms with Gasteiger partial charge in [-0.05, 0) is 44.7 Å². The first kappa shape index (κ1) is 16.1. The van der Waals surface area contributed by atoms with Gasteiger partial charge in [0, 0.05) is 30.7 Å². The molecule has 2 saturated heterocycles. The molecule has 2 aliphatic heterocycles. The zero-order valence-electron chi connectivity index (χ0n) is 14.7. The Morgan fingerprint density at radius 3 is 2.64 bits per heavy atom. The van der Waals surface area contributed by atoms with Gasteiger partial charge in [0.15, 0.2) is 0 Å². The molecule has 0 spiro atoms. The SMILES string of the molecule is CC1(C)C(=O)NC1C1CCN(C(=O)c2cnc3ccccc3c2)CC1. The highest BCUT2D eigenvalue weighted by atomic mass is 16.2. The molecule has 4 rings (SSSR count). The number of piperidine rings is 1. The van der Waals surface area contributed by atoms with Crippen molar-refractivity contribution in [1.82, 2.24) is 15.2 Å². The fourth-order valence-corrected chi connectivity index (χ4v) is 4.08. The molecule has 0 bridgehead atoms. The van der Waals surface area contributed by atoms with Crippen molar-refractivity contribution < 1.29 is 9.59 Å². The minimum Gasteiger partial charge on any atom is -0.351 e. The van der Waals surface area contributed by atoms with Gasteiger partial charge in [0.1, 0.15) is 0 Å². The predicted molar refractivity (Wildman–Crippen MR) is 96.1 cm³/mol. The van der Waals surface area contributed by atoms with Crippen LogP contribution in [0.1, 0.15) is 37.0 Å². The second-order valence-corrected chi connectivity index (χ2v) is 7.72. The first-order valence-corrected chi connectivity index (χ1v) is 8.92. The standard InChI is InChI=1S/C20H23N3O2/c1-20(2)17(22-19(20)25)13-7-9-23(10-8-13)18(24)15-11-14-5-3-4-6-16(14)21-12-15/h3-6,11-13,17H,7-10H2,1-2H3,(H,22,25). The van der Waals surface area contributed by atoms with Gasteiger partial charge in [-0.3, -0.25) is 14.6 Å². The van der Waals surface area contributed by atoms with Crippen molar-refractivity contribution in [3.8, 4) is 0 Å². The van der Waals surface area contributed by atoms with E-state index in [1.807, 2.05) is 49.1 Å². The molecular weight excluding hydrogens is 314 g/mol. The third kappa shape index (κ3) is 2.68. The molecule has 1 N–H and O–H groups in total. The normalized spacial score (nSPS) is 23.2. The molecule has 1 unspecified atom stereocenters. The van der Waals surface area contributed by atoms with Crippen LogP contribution >= 0.6 is 0 Å². The molecule has 0 saturated carbocycles. The van der Waals surface area contributed by atoms with E-state index >= 15 is 0 Å². The number of benzene rings is 1. The van der Waals surface area contributed by atoms with E-state index in [9.17, 15) is 9.59 Å². The van der Waals surface area contributed by atoms with Gasteiger partial charge < -0.3 is 10.2 Å². The fraction of sp³-hybridized carbons (Fsp3) is 0.450. The van der Waals surface area contributed by atoms with E-state index in [0.717, 1.165) is 36.8 Å². The minimum absolute atomic E-state index is 0.0496. The van der Waals surface area contributed by atoms with E-state index in [1.54, 1.807) is 6.20 Å². The Balaban J connectivity index is 1.43. The topological polar surface area (TPSA) is 62.3 Å². The van der Waals surface area contributed by atoms with Gasteiger partial charge in [-0.25, -0.2) is 0 Å². The molecule has 0 aliphatic carbocycles. The Labute approximate surface area is 147 Å². The number of rotatable bonds is 2. The van der Waals surface area contributed by atoms with Crippen molar-refractivity contribution in [3.05, 3.63) is 42.1 Å². The lowest BCUT2D eigenvalue weighted by atomic mass is 9.68. The maximum absolute atomic E-state index is 12.8. The molecule has 2 aromatic rings. The van der Waals surface area contributed by atoms with E-state index in [4.69, 9.17) is 0 Å². The van der Waals surface area contributed by atoms with E-state index in [0.29, 0.717) is 11.5 Å². The van der Waals surface area contributed by atoms with E-state index in [-0.39, 0.29) is 23.3 Å². The van der Waals surface area contributed by atoms with Crippen LogP contribution in [0.5, 0.6) is 0 Å². The maximum Gasteiger partial charge on any atom is 0.255 e. The van der Waals surface area contributed by atoms with E-state index in [2.05, 4.69) is 10.3 Å². The van der Waals surface area contributed by atoms with Crippen molar-refractivity contribution in [2.24, 2.45) is 11.3 Å². The summed E-state index contributed by atoms with van der Waals surface area (Å²) >= 11 is 0. The molecule has 1 aromatic carbocycles. The zero-order valence-corrected chi connectivity index (χ0v) is 14.7. The lowest BCUT2D eigenvalue weighted by Gasteiger charge is -2.50. The quantitative estimate of drug-likeness (QED) is 0.857. The van der Waals surface area contributed by atoms with Crippen LogP contribution in [0.4, 0.5) is 0 Å². The number of carbonyl (C=O) groups is 2. The summed E-state index contributed by atoms with van der Waals surface area (Å²) in [6, 6.07) is 9.99. The van der Waals surface area contributed by atoms with Gasteiger partial charge in [0.25, 0.3) is 5.91 Å². The van der Waals surface area contributed by atoms with Gasteiger partial charge in [-0.1, -0.05) is 18.2 Å². The summed E-state index contributed by atoms with van der Waals surface area (Å²) in [5, 5.41) is 4.03. The Morgan fingerprint density at radius 2 is 1.96 bits per heavy atom. The number of hydrogen-bond donors (Lipinski definition) is 1. The van der Waals surface area contributed by atoms with Crippen LogP contribution in [0.2, 0.25) is 0 Å². The van der Waals surface area contributed by atoms with Gasteiger partial charge in [-0.15, -0.1) is 0 Å². The lowest BCUT2D eigenvalue weighted by Crippen LogP contribution is -2.68. The van der Waals surface area contributed by atoms with Crippen LogP contribution in [0.25, 0.3) is 10.9 Å². The average molecular weight is 337 g/mol. The van der Waals surface area contributed by atoms with Gasteiger partial charge in [0.2, 0.25) is 5.91 Å². The van der Waals surface area contributed by atoms with Crippen LogP contribution in [-0.2, 0) is 4.79 Å². The summed E-state index contributed by atoms with van der Waals surface area (Å²) in [4.78, 5) is 30.8. The first-order valence-electron chi connectivity index (χ1n) is 8.92. The van der Waals surface area contributed by atoms with Gasteiger partial charge in [0.05, 0.1) is 16.5 Å². The fourth-order valence-electron chi connectivity index (χ4n) is 4.08. The number of amides is 2. The second-order valence-electron chi connectivity index (χ2n) is 7.72. The number of aromatic nitrogens is 1.